The molecule has 1 aromatic carbocycles. The number of hydrogen-bond donors (Lipinski definition) is 1. The lowest BCUT2D eigenvalue weighted by molar-refractivity contribution is 0.544. The topological polar surface area (TPSA) is 60.2 Å². The molecule has 0 amide bonds. The summed E-state index contributed by atoms with van der Waals surface area (Å²) < 4.78 is 37.5. The smallest absolute Gasteiger partial charge is 0.157 e. The lowest BCUT2D eigenvalue weighted by atomic mass is 10.1. The van der Waals surface area contributed by atoms with Gasteiger partial charge < -0.3 is 5.73 Å². The molecule has 0 saturated heterocycles. The molecule has 1 unspecified atom stereocenters. The van der Waals surface area contributed by atoms with Gasteiger partial charge in [0.25, 0.3) is 0 Å². The average molecular weight is 273 g/mol. The Hall–Kier alpha value is -0.940. The molecule has 1 atom stereocenters. The maximum atomic E-state index is 13.2. The van der Waals surface area contributed by atoms with Gasteiger partial charge in [-0.25, -0.2) is 12.8 Å². The molecule has 3 nitrogen and oxygen atoms in total. The van der Waals surface area contributed by atoms with E-state index in [2.05, 4.69) is 0 Å². The van der Waals surface area contributed by atoms with Crippen LogP contribution in [0.25, 0.3) is 0 Å². The van der Waals surface area contributed by atoms with Crippen LogP contribution in [0.1, 0.15) is 31.9 Å². The molecule has 0 aliphatic carbocycles. The fraction of sp³-hybridized carbons (Fsp3) is 0.538. The number of sulfone groups is 1. The van der Waals surface area contributed by atoms with E-state index in [1.165, 1.54) is 12.1 Å². The van der Waals surface area contributed by atoms with Crippen LogP contribution in [0.5, 0.6) is 0 Å². The number of halogens is 1. The first-order valence-corrected chi connectivity index (χ1v) is 7.68. The van der Waals surface area contributed by atoms with Crippen molar-refractivity contribution >= 4 is 9.84 Å². The van der Waals surface area contributed by atoms with E-state index in [-0.39, 0.29) is 18.2 Å². The lowest BCUT2D eigenvalue weighted by Gasteiger charge is -2.17. The zero-order valence-electron chi connectivity index (χ0n) is 11.0. The van der Waals surface area contributed by atoms with Crippen molar-refractivity contribution in [1.82, 2.24) is 0 Å². The highest BCUT2D eigenvalue weighted by molar-refractivity contribution is 7.91. The van der Waals surface area contributed by atoms with E-state index in [1.54, 1.807) is 13.0 Å². The Balaban J connectivity index is 3.07. The third-order valence-electron chi connectivity index (χ3n) is 3.25. The summed E-state index contributed by atoms with van der Waals surface area (Å²) >= 11 is 0. The molecule has 1 aromatic rings. The third-order valence-corrected chi connectivity index (χ3v) is 5.64. The molecule has 5 heteroatoms. The van der Waals surface area contributed by atoms with Crippen molar-refractivity contribution in [2.24, 2.45) is 11.7 Å². The van der Waals surface area contributed by atoms with Gasteiger partial charge in [0.15, 0.2) is 9.84 Å². The number of rotatable bonds is 5. The van der Waals surface area contributed by atoms with Gasteiger partial charge in [-0.3, -0.25) is 0 Å². The van der Waals surface area contributed by atoms with Crippen molar-refractivity contribution in [2.75, 3.05) is 0 Å². The largest absolute Gasteiger partial charge is 0.326 e. The van der Waals surface area contributed by atoms with E-state index in [1.807, 2.05) is 13.8 Å². The molecule has 0 aromatic heterocycles. The second kappa shape index (κ2) is 5.80. The van der Waals surface area contributed by atoms with Crippen molar-refractivity contribution in [3.8, 4) is 0 Å². The van der Waals surface area contributed by atoms with Gasteiger partial charge in [0, 0.05) is 6.54 Å². The quantitative estimate of drug-likeness (QED) is 0.895. The molecular weight excluding hydrogens is 253 g/mol. The van der Waals surface area contributed by atoms with Gasteiger partial charge in [0.1, 0.15) is 5.82 Å². The molecule has 0 spiro atoms. The molecule has 2 N–H and O–H groups in total. The Kier molecular flexibility index (Phi) is 4.87. The summed E-state index contributed by atoms with van der Waals surface area (Å²) in [6.07, 6.45) is 0. The first-order valence-electron chi connectivity index (χ1n) is 5.97. The molecule has 18 heavy (non-hydrogen) atoms. The van der Waals surface area contributed by atoms with Gasteiger partial charge in [-0.15, -0.1) is 0 Å². The van der Waals surface area contributed by atoms with Crippen molar-refractivity contribution in [3.05, 3.63) is 35.1 Å². The molecule has 0 saturated carbocycles. The van der Waals surface area contributed by atoms with E-state index in [9.17, 15) is 12.8 Å². The van der Waals surface area contributed by atoms with Gasteiger partial charge in [-0.05, 0) is 36.1 Å². The fourth-order valence-corrected chi connectivity index (χ4v) is 3.49. The summed E-state index contributed by atoms with van der Waals surface area (Å²) in [5, 5.41) is -0.452. The summed E-state index contributed by atoms with van der Waals surface area (Å²) in [5.41, 5.74) is 6.68. The Morgan fingerprint density at radius 1 is 1.22 bits per heavy atom. The Morgan fingerprint density at radius 3 is 2.33 bits per heavy atom. The van der Waals surface area contributed by atoms with E-state index in [0.29, 0.717) is 11.1 Å². The van der Waals surface area contributed by atoms with Crippen molar-refractivity contribution in [2.45, 2.75) is 38.3 Å². The molecule has 0 radical (unpaired) electrons. The summed E-state index contributed by atoms with van der Waals surface area (Å²) in [7, 11) is -3.28. The molecule has 1 rings (SSSR count). The third kappa shape index (κ3) is 3.53. The Morgan fingerprint density at radius 2 is 1.83 bits per heavy atom. The van der Waals surface area contributed by atoms with E-state index < -0.39 is 20.9 Å². The van der Waals surface area contributed by atoms with Gasteiger partial charge in [0.05, 0.1) is 11.0 Å². The predicted molar refractivity (Wildman–Crippen MR) is 71.2 cm³/mol. The highest BCUT2D eigenvalue weighted by atomic mass is 32.2. The van der Waals surface area contributed by atoms with E-state index in [0.717, 1.165) is 0 Å². The second-order valence-corrected chi connectivity index (χ2v) is 7.23. The predicted octanol–water partition coefficient (Wildman–Crippen LogP) is 2.24. The summed E-state index contributed by atoms with van der Waals surface area (Å²) in [6.45, 7) is 5.61. The standard InChI is InChI=1S/C13H20FNO2S/c1-9(2)10(3)18(16,17)8-12-6-13(14)5-4-11(12)7-15/h4-6,9-10H,7-8,15H2,1-3H3. The second-order valence-electron chi connectivity index (χ2n) is 4.87. The highest BCUT2D eigenvalue weighted by Gasteiger charge is 2.25. The summed E-state index contributed by atoms with van der Waals surface area (Å²) in [4.78, 5) is 0. The van der Waals surface area contributed by atoms with E-state index in [4.69, 9.17) is 5.73 Å². The zero-order valence-corrected chi connectivity index (χ0v) is 11.8. The van der Waals surface area contributed by atoms with Gasteiger partial charge in [-0.1, -0.05) is 19.9 Å². The normalized spacial score (nSPS) is 13.9. The molecule has 0 aliphatic rings. The zero-order chi connectivity index (χ0) is 13.9. The highest BCUT2D eigenvalue weighted by Crippen LogP contribution is 2.20. The summed E-state index contributed by atoms with van der Waals surface area (Å²) in [6, 6.07) is 4.09. The molecule has 0 bridgehead atoms. The van der Waals surface area contributed by atoms with Crippen LogP contribution in [0.2, 0.25) is 0 Å². The molecular formula is C13H20FNO2S. The fourth-order valence-electron chi connectivity index (χ4n) is 1.69. The van der Waals surface area contributed by atoms with Crippen LogP contribution in [-0.4, -0.2) is 13.7 Å². The first-order chi connectivity index (χ1) is 8.27. The Bertz CT molecular complexity index is 512. The van der Waals surface area contributed by atoms with Crippen molar-refractivity contribution in [1.29, 1.82) is 0 Å². The van der Waals surface area contributed by atoms with Gasteiger partial charge in [0.2, 0.25) is 0 Å². The van der Waals surface area contributed by atoms with Crippen LogP contribution in [0.15, 0.2) is 18.2 Å². The van der Waals surface area contributed by atoms with Crippen LogP contribution in [0.4, 0.5) is 4.39 Å². The average Bonchev–Trinajstić information content (AvgIpc) is 2.27. The maximum Gasteiger partial charge on any atom is 0.157 e. The SMILES string of the molecule is CC(C)C(C)S(=O)(=O)Cc1cc(F)ccc1CN. The molecule has 0 aliphatic heterocycles. The van der Waals surface area contributed by atoms with Crippen molar-refractivity contribution < 1.29 is 12.8 Å². The van der Waals surface area contributed by atoms with Gasteiger partial charge in [-0.2, -0.15) is 0 Å². The van der Waals surface area contributed by atoms with Crippen LogP contribution in [0, 0.1) is 11.7 Å². The number of hydrogen-bond acceptors (Lipinski definition) is 3. The molecule has 0 heterocycles. The van der Waals surface area contributed by atoms with Crippen LogP contribution in [0.3, 0.4) is 0 Å². The number of nitrogens with two attached hydrogens (primary N) is 1. The monoisotopic (exact) mass is 273 g/mol. The van der Waals surface area contributed by atoms with Crippen LogP contribution >= 0.6 is 0 Å². The Labute approximate surface area is 108 Å². The van der Waals surface area contributed by atoms with Crippen molar-refractivity contribution in [3.63, 3.8) is 0 Å². The minimum atomic E-state index is -3.28. The van der Waals surface area contributed by atoms with Crippen LogP contribution in [-0.2, 0) is 22.1 Å². The summed E-state index contributed by atoms with van der Waals surface area (Å²) in [5.74, 6) is -0.559. The first kappa shape index (κ1) is 15.1. The van der Waals surface area contributed by atoms with Crippen LogP contribution < -0.4 is 5.73 Å². The minimum Gasteiger partial charge on any atom is -0.326 e. The number of benzene rings is 1. The van der Waals surface area contributed by atoms with E-state index >= 15 is 0 Å². The lowest BCUT2D eigenvalue weighted by Crippen LogP contribution is -2.25. The molecule has 102 valence electrons. The molecule has 0 fully saturated rings. The van der Waals surface area contributed by atoms with Gasteiger partial charge >= 0.3 is 0 Å². The minimum absolute atomic E-state index is 0.0323. The maximum absolute atomic E-state index is 13.2.